The first kappa shape index (κ1) is 21.0. The monoisotopic (exact) mass is 366 g/mol. The van der Waals surface area contributed by atoms with Gasteiger partial charge in [0, 0.05) is 23.5 Å². The van der Waals surface area contributed by atoms with Crippen LogP contribution < -0.4 is 10.6 Å². The Kier molecular flexibility index (Phi) is 10.1. The number of amides is 1. The Labute approximate surface area is 164 Å². The molecular formula is C24H34N2O. The first-order valence-electron chi connectivity index (χ1n) is 10.5. The molecular weight excluding hydrogens is 332 g/mol. The van der Waals surface area contributed by atoms with Crippen molar-refractivity contribution in [3.8, 4) is 0 Å². The maximum Gasteiger partial charge on any atom is 0.224 e. The second kappa shape index (κ2) is 13.0. The summed E-state index contributed by atoms with van der Waals surface area (Å²) in [6.45, 7) is 2.25. The van der Waals surface area contributed by atoms with Gasteiger partial charge in [-0.05, 0) is 42.8 Å². The summed E-state index contributed by atoms with van der Waals surface area (Å²) < 4.78 is 0. The molecule has 27 heavy (non-hydrogen) atoms. The molecule has 2 aromatic carbocycles. The summed E-state index contributed by atoms with van der Waals surface area (Å²) in [6, 6.07) is 17.9. The molecule has 0 aliphatic rings. The third kappa shape index (κ3) is 9.28. The van der Waals surface area contributed by atoms with Crippen LogP contribution >= 0.6 is 0 Å². The van der Waals surface area contributed by atoms with Crippen LogP contribution in [0.15, 0.2) is 54.6 Å². The number of carbonyl (C=O) groups excluding carboxylic acids is 1. The number of nitrogens with one attached hydrogen (secondary N) is 2. The van der Waals surface area contributed by atoms with Gasteiger partial charge in [-0.1, -0.05) is 76.5 Å². The fourth-order valence-corrected chi connectivity index (χ4v) is 3.14. The highest BCUT2D eigenvalue weighted by molar-refractivity contribution is 5.90. The van der Waals surface area contributed by atoms with Crippen molar-refractivity contribution >= 4 is 23.0 Å². The van der Waals surface area contributed by atoms with E-state index < -0.39 is 0 Å². The summed E-state index contributed by atoms with van der Waals surface area (Å²) in [5.74, 6) is 0.113. The Hall–Kier alpha value is -2.29. The maximum atomic E-state index is 12.1. The van der Waals surface area contributed by atoms with Gasteiger partial charge in [-0.25, -0.2) is 0 Å². The van der Waals surface area contributed by atoms with E-state index in [4.69, 9.17) is 0 Å². The number of anilines is 3. The fourth-order valence-electron chi connectivity index (χ4n) is 3.14. The summed E-state index contributed by atoms with van der Waals surface area (Å²) in [5.41, 5.74) is 2.92. The van der Waals surface area contributed by atoms with Gasteiger partial charge in [-0.2, -0.15) is 0 Å². The predicted octanol–water partition coefficient (Wildman–Crippen LogP) is 7.29. The van der Waals surface area contributed by atoms with E-state index in [0.29, 0.717) is 6.42 Å². The Bertz CT molecular complexity index is 637. The molecule has 0 radical (unpaired) electrons. The Morgan fingerprint density at radius 2 is 1.19 bits per heavy atom. The number of carbonyl (C=O) groups is 1. The third-order valence-corrected chi connectivity index (χ3v) is 4.74. The molecule has 1 amide bonds. The lowest BCUT2D eigenvalue weighted by Gasteiger charge is -2.09. The Balaban J connectivity index is 1.57. The van der Waals surface area contributed by atoms with Gasteiger partial charge < -0.3 is 10.6 Å². The number of benzene rings is 2. The molecule has 2 rings (SSSR count). The van der Waals surface area contributed by atoms with Crippen molar-refractivity contribution in [1.82, 2.24) is 0 Å². The summed E-state index contributed by atoms with van der Waals surface area (Å²) in [7, 11) is 0. The zero-order valence-corrected chi connectivity index (χ0v) is 16.7. The Morgan fingerprint density at radius 1 is 0.667 bits per heavy atom. The van der Waals surface area contributed by atoms with Crippen molar-refractivity contribution < 1.29 is 4.79 Å². The molecule has 2 N–H and O–H groups in total. The van der Waals surface area contributed by atoms with Crippen molar-refractivity contribution in [3.05, 3.63) is 54.6 Å². The zero-order valence-electron chi connectivity index (χ0n) is 16.7. The molecule has 0 aromatic heterocycles. The highest BCUT2D eigenvalue weighted by Crippen LogP contribution is 2.19. The van der Waals surface area contributed by atoms with Crippen LogP contribution in [0.5, 0.6) is 0 Å². The summed E-state index contributed by atoms with van der Waals surface area (Å²) in [5, 5.41) is 6.33. The van der Waals surface area contributed by atoms with Crippen molar-refractivity contribution in [1.29, 1.82) is 0 Å². The van der Waals surface area contributed by atoms with Crippen molar-refractivity contribution in [2.75, 3.05) is 10.6 Å². The molecule has 0 saturated carbocycles. The largest absolute Gasteiger partial charge is 0.356 e. The van der Waals surface area contributed by atoms with Crippen LogP contribution in [0.3, 0.4) is 0 Å². The second-order valence-corrected chi connectivity index (χ2v) is 7.19. The summed E-state index contributed by atoms with van der Waals surface area (Å²) in [6.07, 6.45) is 12.1. The average Bonchev–Trinajstić information content (AvgIpc) is 2.69. The molecule has 0 heterocycles. The average molecular weight is 367 g/mol. The molecule has 3 heteroatoms. The maximum absolute atomic E-state index is 12.1. The van der Waals surface area contributed by atoms with E-state index in [-0.39, 0.29) is 5.91 Å². The van der Waals surface area contributed by atoms with E-state index in [1.807, 2.05) is 54.6 Å². The van der Waals surface area contributed by atoms with Crippen LogP contribution in [0, 0.1) is 0 Å². The van der Waals surface area contributed by atoms with Gasteiger partial charge in [0.2, 0.25) is 5.91 Å². The highest BCUT2D eigenvalue weighted by Gasteiger charge is 2.03. The molecule has 146 valence electrons. The lowest BCUT2D eigenvalue weighted by atomic mass is 10.1. The molecule has 3 nitrogen and oxygen atoms in total. The molecule has 0 atom stereocenters. The van der Waals surface area contributed by atoms with Gasteiger partial charge in [-0.15, -0.1) is 0 Å². The van der Waals surface area contributed by atoms with Gasteiger partial charge in [0.25, 0.3) is 0 Å². The van der Waals surface area contributed by atoms with E-state index >= 15 is 0 Å². The molecule has 0 aliphatic carbocycles. The van der Waals surface area contributed by atoms with E-state index in [9.17, 15) is 4.79 Å². The fraction of sp³-hybridized carbons (Fsp3) is 0.458. The highest BCUT2D eigenvalue weighted by atomic mass is 16.1. The van der Waals surface area contributed by atoms with Crippen molar-refractivity contribution in [2.24, 2.45) is 0 Å². The number of rotatable bonds is 13. The van der Waals surface area contributed by atoms with Crippen LogP contribution in [0.4, 0.5) is 17.1 Å². The first-order chi connectivity index (χ1) is 13.3. The topological polar surface area (TPSA) is 41.1 Å². The van der Waals surface area contributed by atoms with Crippen molar-refractivity contribution in [2.45, 2.75) is 71.1 Å². The van der Waals surface area contributed by atoms with E-state index in [1.165, 1.54) is 44.9 Å². The standard InChI is InChI=1S/C24H34N2O/c1-2-3-4-5-6-7-8-9-13-16-24(27)26-23-19-17-22(18-20-23)25-21-14-11-10-12-15-21/h10-12,14-15,17-20,25H,2-9,13,16H2,1H3,(H,26,27). The SMILES string of the molecule is CCCCCCCCCCCC(=O)Nc1ccc(Nc2ccccc2)cc1. The van der Waals surface area contributed by atoms with E-state index in [0.717, 1.165) is 29.9 Å². The lowest BCUT2D eigenvalue weighted by molar-refractivity contribution is -0.116. The van der Waals surface area contributed by atoms with E-state index in [1.54, 1.807) is 0 Å². The number of hydrogen-bond acceptors (Lipinski definition) is 2. The minimum Gasteiger partial charge on any atom is -0.356 e. The number of hydrogen-bond donors (Lipinski definition) is 2. The Morgan fingerprint density at radius 3 is 1.81 bits per heavy atom. The molecule has 0 unspecified atom stereocenters. The molecule has 2 aromatic rings. The van der Waals surface area contributed by atoms with Gasteiger partial charge in [0.1, 0.15) is 0 Å². The quantitative estimate of drug-likeness (QED) is 0.365. The van der Waals surface area contributed by atoms with Gasteiger partial charge in [0.05, 0.1) is 0 Å². The lowest BCUT2D eigenvalue weighted by Crippen LogP contribution is -2.10. The normalized spacial score (nSPS) is 10.6. The summed E-state index contributed by atoms with van der Waals surface area (Å²) >= 11 is 0. The van der Waals surface area contributed by atoms with Gasteiger partial charge >= 0.3 is 0 Å². The number of para-hydroxylation sites is 1. The molecule has 0 saturated heterocycles. The summed E-state index contributed by atoms with van der Waals surface area (Å²) in [4.78, 5) is 12.1. The molecule has 0 aliphatic heterocycles. The third-order valence-electron chi connectivity index (χ3n) is 4.74. The van der Waals surface area contributed by atoms with Crippen LogP contribution in [0.2, 0.25) is 0 Å². The van der Waals surface area contributed by atoms with Gasteiger partial charge in [-0.3, -0.25) is 4.79 Å². The van der Waals surface area contributed by atoms with Crippen molar-refractivity contribution in [3.63, 3.8) is 0 Å². The molecule has 0 bridgehead atoms. The van der Waals surface area contributed by atoms with Gasteiger partial charge in [0.15, 0.2) is 0 Å². The van der Waals surface area contributed by atoms with E-state index in [2.05, 4.69) is 17.6 Å². The number of unbranched alkanes of at least 4 members (excludes halogenated alkanes) is 8. The first-order valence-corrected chi connectivity index (χ1v) is 10.5. The minimum absolute atomic E-state index is 0.113. The zero-order chi connectivity index (χ0) is 19.2. The van der Waals surface area contributed by atoms with Crippen LogP contribution in [0.25, 0.3) is 0 Å². The second-order valence-electron chi connectivity index (χ2n) is 7.19. The molecule has 0 spiro atoms. The molecule has 0 fully saturated rings. The predicted molar refractivity (Wildman–Crippen MR) is 117 cm³/mol. The van der Waals surface area contributed by atoms with Crippen LogP contribution in [-0.4, -0.2) is 5.91 Å². The minimum atomic E-state index is 0.113. The smallest absolute Gasteiger partial charge is 0.224 e. The van der Waals surface area contributed by atoms with Crippen LogP contribution in [0.1, 0.15) is 71.1 Å². The van der Waals surface area contributed by atoms with Crippen LogP contribution in [-0.2, 0) is 4.79 Å².